The molecule has 0 spiro atoms. The molecule has 1 aromatic heterocycles. The number of carbonyl (C=O) groups is 2. The fraction of sp³-hybridized carbons (Fsp3) is 0.462. The van der Waals surface area contributed by atoms with Gasteiger partial charge in [0.2, 0.25) is 0 Å². The smallest absolute Gasteiger partial charge is 0.256 e. The van der Waals surface area contributed by atoms with Gasteiger partial charge in [-0.15, -0.1) is 0 Å². The summed E-state index contributed by atoms with van der Waals surface area (Å²) in [7, 11) is 0. The normalized spacial score (nSPS) is 22.9. The molecule has 0 atom stereocenters. The summed E-state index contributed by atoms with van der Waals surface area (Å²) < 4.78 is 6.10. The summed E-state index contributed by atoms with van der Waals surface area (Å²) in [6.07, 6.45) is 8.05. The van der Waals surface area contributed by atoms with Gasteiger partial charge < -0.3 is 19.3 Å². The SMILES string of the molecule is N#Cc1ccc(O[C@H]2CC[C@H](N3Cc4cc(N5CCC(C=O)CC5)ncc4C3=O)CC2)cc1Cl. The Morgan fingerprint density at radius 1 is 1.12 bits per heavy atom. The first kappa shape index (κ1) is 22.7. The highest BCUT2D eigenvalue weighted by atomic mass is 35.5. The summed E-state index contributed by atoms with van der Waals surface area (Å²) in [4.78, 5) is 32.9. The van der Waals surface area contributed by atoms with Crippen molar-refractivity contribution in [1.82, 2.24) is 9.88 Å². The van der Waals surface area contributed by atoms with Crippen LogP contribution >= 0.6 is 11.6 Å². The van der Waals surface area contributed by atoms with Crippen molar-refractivity contribution in [2.24, 2.45) is 5.92 Å². The van der Waals surface area contributed by atoms with Crippen LogP contribution in [0.25, 0.3) is 0 Å². The molecule has 1 saturated heterocycles. The predicted octanol–water partition coefficient (Wildman–Crippen LogP) is 4.37. The van der Waals surface area contributed by atoms with Gasteiger partial charge in [-0.1, -0.05) is 11.6 Å². The predicted molar refractivity (Wildman–Crippen MR) is 128 cm³/mol. The Labute approximate surface area is 204 Å². The van der Waals surface area contributed by atoms with Gasteiger partial charge in [-0.25, -0.2) is 4.98 Å². The molecule has 8 heteroatoms. The molecule has 1 aliphatic carbocycles. The summed E-state index contributed by atoms with van der Waals surface area (Å²) in [5.41, 5.74) is 2.18. The molecule has 1 aromatic carbocycles. The summed E-state index contributed by atoms with van der Waals surface area (Å²) in [5, 5.41) is 9.42. The van der Waals surface area contributed by atoms with E-state index in [4.69, 9.17) is 21.6 Å². The lowest BCUT2D eigenvalue weighted by Gasteiger charge is -2.34. The molecule has 3 aliphatic rings. The van der Waals surface area contributed by atoms with Gasteiger partial charge in [-0.2, -0.15) is 5.26 Å². The number of carbonyl (C=O) groups excluding carboxylic acids is 2. The third-order valence-electron chi connectivity index (χ3n) is 7.31. The van der Waals surface area contributed by atoms with Crippen LogP contribution in [0.5, 0.6) is 5.75 Å². The highest BCUT2D eigenvalue weighted by Gasteiger charge is 2.36. The minimum absolute atomic E-state index is 0.0666. The maximum atomic E-state index is 13.1. The van der Waals surface area contributed by atoms with Crippen LogP contribution in [0.15, 0.2) is 30.5 Å². The number of hydrogen-bond donors (Lipinski definition) is 0. The fourth-order valence-corrected chi connectivity index (χ4v) is 5.49. The van der Waals surface area contributed by atoms with E-state index in [-0.39, 0.29) is 24.0 Å². The Morgan fingerprint density at radius 2 is 1.88 bits per heavy atom. The first-order valence-electron chi connectivity index (χ1n) is 11.9. The number of hydrogen-bond acceptors (Lipinski definition) is 6. The number of amides is 1. The molecule has 0 bridgehead atoms. The van der Waals surface area contributed by atoms with E-state index in [1.165, 1.54) is 0 Å². The van der Waals surface area contributed by atoms with Crippen molar-refractivity contribution in [1.29, 1.82) is 5.26 Å². The second-order valence-electron chi connectivity index (χ2n) is 9.40. The van der Waals surface area contributed by atoms with Gasteiger partial charge in [0, 0.05) is 43.9 Å². The first-order valence-corrected chi connectivity index (χ1v) is 12.3. The Morgan fingerprint density at radius 3 is 2.56 bits per heavy atom. The van der Waals surface area contributed by atoms with Gasteiger partial charge in [-0.3, -0.25) is 4.79 Å². The molecule has 0 unspecified atom stereocenters. The van der Waals surface area contributed by atoms with Crippen LogP contribution in [0.4, 0.5) is 5.82 Å². The number of anilines is 1. The summed E-state index contributed by atoms with van der Waals surface area (Å²) in [6, 6.07) is 9.45. The van der Waals surface area contributed by atoms with Crippen molar-refractivity contribution >= 4 is 29.6 Å². The molecule has 2 fully saturated rings. The van der Waals surface area contributed by atoms with E-state index in [9.17, 15) is 9.59 Å². The molecule has 1 saturated carbocycles. The van der Waals surface area contributed by atoms with Crippen LogP contribution in [0, 0.1) is 17.2 Å². The van der Waals surface area contributed by atoms with Crippen LogP contribution in [0.2, 0.25) is 5.02 Å². The molecule has 7 nitrogen and oxygen atoms in total. The quantitative estimate of drug-likeness (QED) is 0.593. The number of nitriles is 1. The molecular formula is C26H27ClN4O3. The summed E-state index contributed by atoms with van der Waals surface area (Å²) >= 11 is 6.12. The van der Waals surface area contributed by atoms with E-state index in [2.05, 4.69) is 22.0 Å². The average molecular weight is 479 g/mol. The van der Waals surface area contributed by atoms with Crippen LogP contribution in [0.3, 0.4) is 0 Å². The number of halogens is 1. The van der Waals surface area contributed by atoms with E-state index in [1.54, 1.807) is 24.4 Å². The van der Waals surface area contributed by atoms with Crippen LogP contribution in [0.1, 0.15) is 60.0 Å². The van der Waals surface area contributed by atoms with Crippen molar-refractivity contribution < 1.29 is 14.3 Å². The van der Waals surface area contributed by atoms with Crippen molar-refractivity contribution in [3.63, 3.8) is 0 Å². The highest BCUT2D eigenvalue weighted by molar-refractivity contribution is 6.31. The standard InChI is InChI=1S/C26H27ClN4O3/c27-24-12-22(4-1-18(24)13-28)34-21-5-2-20(3-6-21)31-15-19-11-25(29-14-23(19)26(31)33)30-9-7-17(16-32)8-10-30/h1,4,11-12,14,16-17,20-21H,2-3,5-10,15H2/t20-,21-. The topological polar surface area (TPSA) is 86.5 Å². The largest absolute Gasteiger partial charge is 0.490 e. The number of rotatable bonds is 5. The van der Waals surface area contributed by atoms with E-state index in [0.29, 0.717) is 28.4 Å². The lowest BCUT2D eigenvalue weighted by atomic mass is 9.92. The second kappa shape index (κ2) is 9.63. The Bertz CT molecular complexity index is 1130. The van der Waals surface area contributed by atoms with E-state index in [0.717, 1.165) is 69.3 Å². The molecule has 3 heterocycles. The third-order valence-corrected chi connectivity index (χ3v) is 7.62. The Hall–Kier alpha value is -3.11. The number of benzene rings is 1. The monoisotopic (exact) mass is 478 g/mol. The average Bonchev–Trinajstić information content (AvgIpc) is 3.20. The van der Waals surface area contributed by atoms with Gasteiger partial charge >= 0.3 is 0 Å². The molecule has 2 aromatic rings. The van der Waals surface area contributed by atoms with Crippen LogP contribution in [-0.2, 0) is 11.3 Å². The number of nitrogens with zero attached hydrogens (tertiary/aromatic N) is 4. The zero-order valence-electron chi connectivity index (χ0n) is 19.0. The number of ether oxygens (including phenoxy) is 1. The van der Waals surface area contributed by atoms with Gasteiger partial charge in [0.1, 0.15) is 23.9 Å². The maximum Gasteiger partial charge on any atom is 0.256 e. The number of aromatic nitrogens is 1. The van der Waals surface area contributed by atoms with E-state index < -0.39 is 0 Å². The van der Waals surface area contributed by atoms with Crippen molar-refractivity contribution in [2.75, 3.05) is 18.0 Å². The van der Waals surface area contributed by atoms with E-state index >= 15 is 0 Å². The van der Waals surface area contributed by atoms with Crippen LogP contribution < -0.4 is 9.64 Å². The van der Waals surface area contributed by atoms with Crippen molar-refractivity contribution in [3.05, 3.63) is 52.2 Å². The van der Waals surface area contributed by atoms with Crippen molar-refractivity contribution in [3.8, 4) is 11.8 Å². The van der Waals surface area contributed by atoms with Gasteiger partial charge in [0.25, 0.3) is 5.91 Å². The zero-order valence-corrected chi connectivity index (χ0v) is 19.7. The maximum absolute atomic E-state index is 13.1. The second-order valence-corrected chi connectivity index (χ2v) is 9.80. The number of fused-ring (bicyclic) bond motifs is 1. The summed E-state index contributed by atoms with van der Waals surface area (Å²) in [6.45, 7) is 2.26. The molecule has 5 rings (SSSR count). The fourth-order valence-electron chi connectivity index (χ4n) is 5.28. The Kier molecular flexibility index (Phi) is 6.42. The van der Waals surface area contributed by atoms with Gasteiger partial charge in [-0.05, 0) is 62.3 Å². The minimum Gasteiger partial charge on any atom is -0.490 e. The molecular weight excluding hydrogens is 452 g/mol. The minimum atomic E-state index is 0.0666. The summed E-state index contributed by atoms with van der Waals surface area (Å²) in [5.74, 6) is 1.79. The van der Waals surface area contributed by atoms with Crippen LogP contribution in [-0.4, -0.2) is 47.3 Å². The highest BCUT2D eigenvalue weighted by Crippen LogP contribution is 2.34. The lowest BCUT2D eigenvalue weighted by molar-refractivity contribution is -0.111. The zero-order chi connectivity index (χ0) is 23.7. The molecule has 1 amide bonds. The van der Waals surface area contributed by atoms with Crippen molar-refractivity contribution in [2.45, 2.75) is 57.2 Å². The molecule has 0 N–H and O–H groups in total. The third kappa shape index (κ3) is 4.47. The lowest BCUT2D eigenvalue weighted by Crippen LogP contribution is -2.40. The van der Waals surface area contributed by atoms with E-state index in [1.807, 2.05) is 4.90 Å². The number of piperidine rings is 1. The van der Waals surface area contributed by atoms with Gasteiger partial charge in [0.15, 0.2) is 0 Å². The molecule has 0 radical (unpaired) electrons. The molecule has 2 aliphatic heterocycles. The first-order chi connectivity index (χ1) is 16.6. The number of aldehydes is 1. The Balaban J connectivity index is 1.18. The molecule has 34 heavy (non-hydrogen) atoms. The van der Waals surface area contributed by atoms with Gasteiger partial charge in [0.05, 0.1) is 22.3 Å². The number of pyridine rings is 1. The molecule has 176 valence electrons.